The van der Waals surface area contributed by atoms with Gasteiger partial charge in [0.15, 0.2) is 0 Å². The van der Waals surface area contributed by atoms with Crippen LogP contribution in [0.5, 0.6) is 0 Å². The summed E-state index contributed by atoms with van der Waals surface area (Å²) in [6.45, 7) is 3.09. The first-order chi connectivity index (χ1) is 10.6. The van der Waals surface area contributed by atoms with Crippen LogP contribution < -0.4 is 0 Å². The first kappa shape index (κ1) is 14.4. The van der Waals surface area contributed by atoms with Crippen LogP contribution in [-0.4, -0.2) is 39.8 Å². The van der Waals surface area contributed by atoms with Crippen molar-refractivity contribution in [2.24, 2.45) is 0 Å². The van der Waals surface area contributed by atoms with E-state index in [4.69, 9.17) is 4.74 Å². The lowest BCUT2D eigenvalue weighted by Crippen LogP contribution is -2.35. The molecule has 0 aliphatic carbocycles. The molecule has 0 bridgehead atoms. The van der Waals surface area contributed by atoms with Crippen LogP contribution in [0, 0.1) is 0 Å². The number of carbonyl (C=O) groups excluding carboxylic acids is 1. The molecule has 2 heterocycles. The number of hydrogen-bond acceptors (Lipinski definition) is 3. The molecule has 1 aliphatic rings. The molecule has 6 nitrogen and oxygen atoms in total. The van der Waals surface area contributed by atoms with Crippen molar-refractivity contribution < 1.29 is 19.4 Å². The van der Waals surface area contributed by atoms with E-state index in [9.17, 15) is 14.7 Å². The van der Waals surface area contributed by atoms with E-state index in [2.05, 4.69) is 10.6 Å². The number of carbonyl (C=O) groups is 2. The molecule has 1 amide bonds. The van der Waals surface area contributed by atoms with Crippen LogP contribution in [0.4, 0.5) is 4.79 Å². The van der Waals surface area contributed by atoms with E-state index in [0.29, 0.717) is 26.1 Å². The van der Waals surface area contributed by atoms with Crippen LogP contribution in [-0.2, 0) is 29.0 Å². The summed E-state index contributed by atoms with van der Waals surface area (Å²) in [7, 11) is 0. The molecule has 0 unspecified atom stereocenters. The predicted octanol–water partition coefficient (Wildman–Crippen LogP) is 2.24. The molecular formula is C16H18N2O4. The van der Waals surface area contributed by atoms with Crippen molar-refractivity contribution in [3.05, 3.63) is 35.5 Å². The Labute approximate surface area is 127 Å². The molecule has 0 fully saturated rings. The van der Waals surface area contributed by atoms with Gasteiger partial charge >= 0.3 is 12.1 Å². The fourth-order valence-electron chi connectivity index (χ4n) is 3.09. The first-order valence-electron chi connectivity index (χ1n) is 7.28. The highest BCUT2D eigenvalue weighted by atomic mass is 16.5. The smallest absolute Gasteiger partial charge is 0.407 e. The van der Waals surface area contributed by atoms with Crippen molar-refractivity contribution in [1.29, 1.82) is 0 Å². The topological polar surface area (TPSA) is 71.8 Å². The highest BCUT2D eigenvalue weighted by Gasteiger charge is 2.26. The number of nitrogens with zero attached hydrogens (tertiary/aromatic N) is 2. The molecule has 1 N–H and O–H groups in total. The maximum atomic E-state index is 11.2. The van der Waals surface area contributed by atoms with Crippen molar-refractivity contribution in [3.63, 3.8) is 0 Å². The molecule has 1 aliphatic heterocycles. The van der Waals surface area contributed by atoms with Crippen LogP contribution in [0.25, 0.3) is 10.9 Å². The zero-order valence-corrected chi connectivity index (χ0v) is 12.4. The zero-order chi connectivity index (χ0) is 15.7. The number of benzene rings is 1. The molecule has 116 valence electrons. The second-order valence-corrected chi connectivity index (χ2v) is 5.39. The van der Waals surface area contributed by atoms with Crippen molar-refractivity contribution in [2.75, 3.05) is 13.2 Å². The molecule has 22 heavy (non-hydrogen) atoms. The molecular weight excluding hydrogens is 284 g/mol. The minimum Gasteiger partial charge on any atom is -0.465 e. The Morgan fingerprint density at radius 3 is 2.82 bits per heavy atom. The largest absolute Gasteiger partial charge is 0.465 e. The van der Waals surface area contributed by atoms with Gasteiger partial charge in [-0.1, -0.05) is 18.2 Å². The standard InChI is InChI=1S/C16H18N2O4/c1-11(19)22-9-8-18-14-5-3-2-4-12(14)13-6-7-17(16(20)21)10-15(13)18/h2-5H,6-10H2,1H3,(H,20,21). The summed E-state index contributed by atoms with van der Waals surface area (Å²) < 4.78 is 7.11. The lowest BCUT2D eigenvalue weighted by molar-refractivity contribution is -0.141. The van der Waals surface area contributed by atoms with Crippen LogP contribution >= 0.6 is 0 Å². The summed E-state index contributed by atoms with van der Waals surface area (Å²) in [5.41, 5.74) is 3.27. The van der Waals surface area contributed by atoms with E-state index in [0.717, 1.165) is 16.6 Å². The average molecular weight is 302 g/mol. The van der Waals surface area contributed by atoms with Gasteiger partial charge in [0.05, 0.1) is 13.1 Å². The Morgan fingerprint density at radius 1 is 1.32 bits per heavy atom. The number of aromatic nitrogens is 1. The summed E-state index contributed by atoms with van der Waals surface area (Å²) in [6.07, 6.45) is -0.189. The molecule has 1 aromatic heterocycles. The minimum absolute atomic E-state index is 0.285. The van der Waals surface area contributed by atoms with Crippen molar-refractivity contribution in [1.82, 2.24) is 9.47 Å². The van der Waals surface area contributed by atoms with E-state index in [1.54, 1.807) is 0 Å². The monoisotopic (exact) mass is 302 g/mol. The Hall–Kier alpha value is -2.50. The molecule has 0 spiro atoms. The molecule has 0 saturated carbocycles. The third kappa shape index (κ3) is 2.52. The van der Waals surface area contributed by atoms with Crippen LogP contribution in [0.1, 0.15) is 18.2 Å². The second-order valence-electron chi connectivity index (χ2n) is 5.39. The number of fused-ring (bicyclic) bond motifs is 3. The van der Waals surface area contributed by atoms with Gasteiger partial charge in [-0.25, -0.2) is 4.79 Å². The van der Waals surface area contributed by atoms with Crippen molar-refractivity contribution >= 4 is 23.0 Å². The van der Waals surface area contributed by atoms with Gasteiger partial charge in [-0.05, 0) is 18.1 Å². The van der Waals surface area contributed by atoms with Gasteiger partial charge < -0.3 is 19.3 Å². The number of hydrogen-bond donors (Lipinski definition) is 1. The van der Waals surface area contributed by atoms with Crippen LogP contribution in [0.15, 0.2) is 24.3 Å². The number of amides is 1. The van der Waals surface area contributed by atoms with E-state index in [1.165, 1.54) is 17.4 Å². The average Bonchev–Trinajstić information content (AvgIpc) is 2.81. The summed E-state index contributed by atoms with van der Waals surface area (Å²) in [6, 6.07) is 8.03. The molecule has 1 aromatic carbocycles. The fraction of sp³-hybridized carbons (Fsp3) is 0.375. The number of carboxylic acid groups (broad SMARTS) is 1. The van der Waals surface area contributed by atoms with Gasteiger partial charge in [0.2, 0.25) is 0 Å². The lowest BCUT2D eigenvalue weighted by Gasteiger charge is -2.26. The molecule has 2 aromatic rings. The zero-order valence-electron chi connectivity index (χ0n) is 12.4. The highest BCUT2D eigenvalue weighted by Crippen LogP contribution is 2.30. The molecule has 6 heteroatoms. The number of esters is 1. The van der Waals surface area contributed by atoms with Crippen molar-refractivity contribution in [2.45, 2.75) is 26.4 Å². The predicted molar refractivity (Wildman–Crippen MR) is 80.7 cm³/mol. The normalized spacial score (nSPS) is 14.0. The maximum absolute atomic E-state index is 11.2. The second kappa shape index (κ2) is 5.71. The van der Waals surface area contributed by atoms with E-state index in [1.807, 2.05) is 18.2 Å². The van der Waals surface area contributed by atoms with Crippen molar-refractivity contribution in [3.8, 4) is 0 Å². The van der Waals surface area contributed by atoms with Gasteiger partial charge in [0.1, 0.15) is 6.61 Å². The van der Waals surface area contributed by atoms with Crippen LogP contribution in [0.3, 0.4) is 0 Å². The maximum Gasteiger partial charge on any atom is 0.407 e. The summed E-state index contributed by atoms with van der Waals surface area (Å²) in [4.78, 5) is 23.6. The fourth-order valence-corrected chi connectivity index (χ4v) is 3.09. The molecule has 0 atom stereocenters. The Balaban J connectivity index is 2.00. The van der Waals surface area contributed by atoms with Crippen LogP contribution in [0.2, 0.25) is 0 Å². The Morgan fingerprint density at radius 2 is 2.09 bits per heavy atom. The first-order valence-corrected chi connectivity index (χ1v) is 7.28. The van der Waals surface area contributed by atoms with Gasteiger partial charge in [0, 0.05) is 30.1 Å². The number of para-hydroxylation sites is 1. The Bertz CT molecular complexity index is 735. The summed E-state index contributed by atoms with van der Waals surface area (Å²) >= 11 is 0. The minimum atomic E-state index is -0.901. The molecule has 3 rings (SSSR count). The van der Waals surface area contributed by atoms with Gasteiger partial charge in [-0.2, -0.15) is 0 Å². The highest BCUT2D eigenvalue weighted by molar-refractivity contribution is 5.86. The Kier molecular flexibility index (Phi) is 3.75. The molecule has 0 saturated heterocycles. The van der Waals surface area contributed by atoms with E-state index < -0.39 is 6.09 Å². The van der Waals surface area contributed by atoms with Gasteiger partial charge in [-0.15, -0.1) is 0 Å². The molecule has 0 radical (unpaired) electrons. The quantitative estimate of drug-likeness (QED) is 0.883. The van der Waals surface area contributed by atoms with Gasteiger partial charge in [-0.3, -0.25) is 4.79 Å². The van der Waals surface area contributed by atoms with E-state index in [-0.39, 0.29) is 12.6 Å². The summed E-state index contributed by atoms with van der Waals surface area (Å²) in [5, 5.41) is 10.4. The third-order valence-electron chi connectivity index (χ3n) is 4.06. The third-order valence-corrected chi connectivity index (χ3v) is 4.06. The summed E-state index contributed by atoms with van der Waals surface area (Å²) in [5.74, 6) is -0.308. The number of ether oxygens (including phenoxy) is 1. The number of rotatable bonds is 3. The van der Waals surface area contributed by atoms with E-state index >= 15 is 0 Å². The SMILES string of the molecule is CC(=O)OCCn1c2c(c3ccccc31)CCN(C(=O)O)C2. The van der Waals surface area contributed by atoms with Gasteiger partial charge in [0.25, 0.3) is 0 Å². The lowest BCUT2D eigenvalue weighted by atomic mass is 10.0.